The molecule has 4 nitrogen and oxygen atoms in total. The van der Waals surface area contributed by atoms with Crippen LogP contribution in [0.3, 0.4) is 0 Å². The Labute approximate surface area is 126 Å². The number of hydrogen-bond donors (Lipinski definition) is 1. The van der Waals surface area contributed by atoms with Crippen molar-refractivity contribution in [2.24, 2.45) is 0 Å². The molecule has 0 spiro atoms. The van der Waals surface area contributed by atoms with Gasteiger partial charge in [0.05, 0.1) is 4.90 Å². The summed E-state index contributed by atoms with van der Waals surface area (Å²) in [5.74, 6) is 0.965. The summed E-state index contributed by atoms with van der Waals surface area (Å²) in [5.41, 5.74) is 2.15. The van der Waals surface area contributed by atoms with Gasteiger partial charge in [-0.2, -0.15) is 16.1 Å². The number of nitrogens with one attached hydrogen (secondary N) is 1. The summed E-state index contributed by atoms with van der Waals surface area (Å²) in [6.07, 6.45) is 3.86. The van der Waals surface area contributed by atoms with E-state index in [2.05, 4.69) is 5.32 Å². The van der Waals surface area contributed by atoms with E-state index in [1.165, 1.54) is 9.87 Å². The predicted molar refractivity (Wildman–Crippen MR) is 86.0 cm³/mol. The smallest absolute Gasteiger partial charge is 0.243 e. The van der Waals surface area contributed by atoms with Gasteiger partial charge < -0.3 is 5.32 Å². The van der Waals surface area contributed by atoms with Crippen molar-refractivity contribution in [3.05, 3.63) is 23.8 Å². The second-order valence-corrected chi connectivity index (χ2v) is 8.13. The van der Waals surface area contributed by atoms with Gasteiger partial charge in [0.2, 0.25) is 10.0 Å². The third-order valence-corrected chi connectivity index (χ3v) is 6.44. The molecular formula is C14H22N2O2S2. The molecule has 1 aliphatic rings. The monoisotopic (exact) mass is 314 g/mol. The SMILES string of the molecule is CSCCC(C)N(C)S(=O)(=O)c1ccc2c(c1)NCC2. The molecule has 1 atom stereocenters. The minimum atomic E-state index is -3.41. The molecule has 0 bridgehead atoms. The highest BCUT2D eigenvalue weighted by Crippen LogP contribution is 2.27. The second-order valence-electron chi connectivity index (χ2n) is 5.15. The van der Waals surface area contributed by atoms with Gasteiger partial charge in [0.1, 0.15) is 0 Å². The molecule has 0 amide bonds. The first-order chi connectivity index (χ1) is 9.46. The summed E-state index contributed by atoms with van der Waals surface area (Å²) in [6, 6.07) is 5.41. The third kappa shape index (κ3) is 3.13. The highest BCUT2D eigenvalue weighted by atomic mass is 32.2. The molecule has 2 rings (SSSR count). The molecule has 1 aromatic carbocycles. The third-order valence-electron chi connectivity index (χ3n) is 3.83. The van der Waals surface area contributed by atoms with Crippen molar-refractivity contribution in [3.8, 4) is 0 Å². The lowest BCUT2D eigenvalue weighted by Crippen LogP contribution is -2.35. The molecule has 112 valence electrons. The van der Waals surface area contributed by atoms with Gasteiger partial charge in [0, 0.05) is 25.3 Å². The van der Waals surface area contributed by atoms with Crippen molar-refractivity contribution in [2.45, 2.75) is 30.7 Å². The zero-order valence-corrected chi connectivity index (χ0v) is 13.9. The maximum absolute atomic E-state index is 12.6. The molecule has 6 heteroatoms. The molecule has 0 aromatic heterocycles. The molecule has 1 N–H and O–H groups in total. The molecule has 0 aliphatic carbocycles. The van der Waals surface area contributed by atoms with Gasteiger partial charge >= 0.3 is 0 Å². The van der Waals surface area contributed by atoms with Crippen LogP contribution < -0.4 is 5.32 Å². The van der Waals surface area contributed by atoms with Gasteiger partial charge in [-0.15, -0.1) is 0 Å². The quantitative estimate of drug-likeness (QED) is 0.876. The summed E-state index contributed by atoms with van der Waals surface area (Å²) < 4.78 is 26.7. The molecule has 1 heterocycles. The summed E-state index contributed by atoms with van der Waals surface area (Å²) >= 11 is 1.74. The number of benzene rings is 1. The van der Waals surface area contributed by atoms with Gasteiger partial charge in [-0.25, -0.2) is 8.42 Å². The van der Waals surface area contributed by atoms with Gasteiger partial charge in [0.25, 0.3) is 0 Å². The van der Waals surface area contributed by atoms with Gasteiger partial charge in [0.15, 0.2) is 0 Å². The standard InChI is InChI=1S/C14H22N2O2S2/c1-11(7-9-19-3)16(2)20(17,18)13-5-4-12-6-8-15-14(12)10-13/h4-5,10-11,15H,6-9H2,1-3H3. The molecule has 1 aromatic rings. The Bertz CT molecular complexity index is 573. The van der Waals surface area contributed by atoms with Crippen LogP contribution in [0.5, 0.6) is 0 Å². The van der Waals surface area contributed by atoms with E-state index in [1.54, 1.807) is 30.9 Å². The summed E-state index contributed by atoms with van der Waals surface area (Å²) in [5, 5.41) is 3.23. The van der Waals surface area contributed by atoms with Crippen molar-refractivity contribution >= 4 is 27.5 Å². The van der Waals surface area contributed by atoms with Crippen LogP contribution in [0, 0.1) is 0 Å². The summed E-state index contributed by atoms with van der Waals surface area (Å²) in [6.45, 7) is 2.85. The van der Waals surface area contributed by atoms with Crippen LogP contribution in [0.4, 0.5) is 5.69 Å². The van der Waals surface area contributed by atoms with E-state index in [1.807, 2.05) is 19.2 Å². The van der Waals surface area contributed by atoms with Crippen LogP contribution in [0.2, 0.25) is 0 Å². The number of nitrogens with zero attached hydrogens (tertiary/aromatic N) is 1. The Morgan fingerprint density at radius 2 is 2.20 bits per heavy atom. The van der Waals surface area contributed by atoms with E-state index in [0.717, 1.165) is 30.8 Å². The average molecular weight is 314 g/mol. The number of fused-ring (bicyclic) bond motifs is 1. The van der Waals surface area contributed by atoms with Crippen molar-refractivity contribution in [1.29, 1.82) is 0 Å². The molecule has 0 saturated carbocycles. The molecule has 0 fully saturated rings. The molecule has 0 radical (unpaired) electrons. The molecule has 1 unspecified atom stereocenters. The molecular weight excluding hydrogens is 292 g/mol. The number of rotatable bonds is 6. The van der Waals surface area contributed by atoms with Crippen molar-refractivity contribution in [1.82, 2.24) is 4.31 Å². The van der Waals surface area contributed by atoms with Crippen LogP contribution in [-0.4, -0.2) is 44.4 Å². The minimum Gasteiger partial charge on any atom is -0.384 e. The number of hydrogen-bond acceptors (Lipinski definition) is 4. The second kappa shape index (κ2) is 6.37. The van der Waals surface area contributed by atoms with Crippen LogP contribution in [0.1, 0.15) is 18.9 Å². The van der Waals surface area contributed by atoms with Crippen LogP contribution in [-0.2, 0) is 16.4 Å². The van der Waals surface area contributed by atoms with Crippen LogP contribution >= 0.6 is 11.8 Å². The van der Waals surface area contributed by atoms with E-state index in [9.17, 15) is 8.42 Å². The fourth-order valence-electron chi connectivity index (χ4n) is 2.30. The average Bonchev–Trinajstić information content (AvgIpc) is 2.91. The van der Waals surface area contributed by atoms with E-state index in [4.69, 9.17) is 0 Å². The zero-order valence-electron chi connectivity index (χ0n) is 12.2. The van der Waals surface area contributed by atoms with Crippen LogP contribution in [0.25, 0.3) is 0 Å². The Kier molecular flexibility index (Phi) is 4.99. The number of anilines is 1. The van der Waals surface area contributed by atoms with E-state index in [0.29, 0.717) is 4.90 Å². The lowest BCUT2D eigenvalue weighted by molar-refractivity contribution is 0.382. The summed E-state index contributed by atoms with van der Waals surface area (Å²) in [4.78, 5) is 0.379. The number of thioether (sulfide) groups is 1. The molecule has 20 heavy (non-hydrogen) atoms. The van der Waals surface area contributed by atoms with Crippen molar-refractivity contribution in [3.63, 3.8) is 0 Å². The maximum atomic E-state index is 12.6. The van der Waals surface area contributed by atoms with Crippen LogP contribution in [0.15, 0.2) is 23.1 Å². The maximum Gasteiger partial charge on any atom is 0.243 e. The van der Waals surface area contributed by atoms with Crippen molar-refractivity contribution < 1.29 is 8.42 Å². The first-order valence-corrected chi connectivity index (χ1v) is 9.64. The Morgan fingerprint density at radius 1 is 1.45 bits per heavy atom. The minimum absolute atomic E-state index is 0.00802. The Hall–Kier alpha value is -0.720. The topological polar surface area (TPSA) is 49.4 Å². The summed E-state index contributed by atoms with van der Waals surface area (Å²) in [7, 11) is -1.74. The first-order valence-electron chi connectivity index (χ1n) is 6.80. The van der Waals surface area contributed by atoms with Gasteiger partial charge in [-0.1, -0.05) is 6.07 Å². The highest BCUT2D eigenvalue weighted by molar-refractivity contribution is 7.98. The van der Waals surface area contributed by atoms with Gasteiger partial charge in [-0.05, 0) is 49.5 Å². The number of sulfonamides is 1. The first kappa shape index (κ1) is 15.7. The normalized spacial score (nSPS) is 16.0. The molecule has 0 saturated heterocycles. The largest absolute Gasteiger partial charge is 0.384 e. The van der Waals surface area contributed by atoms with Crippen molar-refractivity contribution in [2.75, 3.05) is 30.9 Å². The van der Waals surface area contributed by atoms with E-state index in [-0.39, 0.29) is 6.04 Å². The zero-order chi connectivity index (χ0) is 14.8. The fourth-order valence-corrected chi connectivity index (χ4v) is 4.30. The van der Waals surface area contributed by atoms with Gasteiger partial charge in [-0.3, -0.25) is 0 Å². The Balaban J connectivity index is 2.21. The lowest BCUT2D eigenvalue weighted by Gasteiger charge is -2.24. The van der Waals surface area contributed by atoms with E-state index < -0.39 is 10.0 Å². The highest BCUT2D eigenvalue weighted by Gasteiger charge is 2.26. The predicted octanol–water partition coefficient (Wildman–Crippen LogP) is 2.42. The fraction of sp³-hybridized carbons (Fsp3) is 0.571. The molecule has 1 aliphatic heterocycles. The Morgan fingerprint density at radius 3 is 2.90 bits per heavy atom. The van der Waals surface area contributed by atoms with E-state index >= 15 is 0 Å². The lowest BCUT2D eigenvalue weighted by atomic mass is 10.2.